The largest absolute Gasteiger partial charge is 0.342 e. The SMILES string of the molecule is CC1CCN(C(=O)C2CCCN(Cc3ccccc3Cl)C2)CC1. The monoisotopic (exact) mass is 334 g/mol. The molecule has 0 radical (unpaired) electrons. The van der Waals surface area contributed by atoms with E-state index in [9.17, 15) is 4.79 Å². The van der Waals surface area contributed by atoms with E-state index in [1.54, 1.807) is 0 Å². The van der Waals surface area contributed by atoms with Gasteiger partial charge >= 0.3 is 0 Å². The minimum absolute atomic E-state index is 0.166. The van der Waals surface area contributed by atoms with Crippen LogP contribution in [0.2, 0.25) is 5.02 Å². The Hall–Kier alpha value is -1.06. The molecular formula is C19H27ClN2O. The van der Waals surface area contributed by atoms with E-state index in [0.29, 0.717) is 5.91 Å². The Kier molecular flexibility index (Phi) is 5.60. The second kappa shape index (κ2) is 7.67. The molecule has 3 rings (SSSR count). The molecule has 2 fully saturated rings. The molecule has 126 valence electrons. The summed E-state index contributed by atoms with van der Waals surface area (Å²) >= 11 is 6.28. The van der Waals surface area contributed by atoms with Crippen LogP contribution in [0.4, 0.5) is 0 Å². The predicted molar refractivity (Wildman–Crippen MR) is 94.4 cm³/mol. The molecule has 0 bridgehead atoms. The first kappa shape index (κ1) is 16.8. The fourth-order valence-electron chi connectivity index (χ4n) is 3.76. The molecule has 2 heterocycles. The van der Waals surface area contributed by atoms with Gasteiger partial charge in [-0.05, 0) is 49.8 Å². The van der Waals surface area contributed by atoms with E-state index in [4.69, 9.17) is 11.6 Å². The van der Waals surface area contributed by atoms with Crippen LogP contribution < -0.4 is 0 Å². The molecule has 2 saturated heterocycles. The number of carbonyl (C=O) groups is 1. The summed E-state index contributed by atoms with van der Waals surface area (Å²) in [6.07, 6.45) is 4.44. The summed E-state index contributed by atoms with van der Waals surface area (Å²) in [5.74, 6) is 1.31. The zero-order chi connectivity index (χ0) is 16.2. The number of halogens is 1. The first-order chi connectivity index (χ1) is 11.1. The number of piperidine rings is 2. The van der Waals surface area contributed by atoms with Crippen LogP contribution in [0.25, 0.3) is 0 Å². The molecule has 1 aromatic carbocycles. The molecule has 3 nitrogen and oxygen atoms in total. The number of amides is 1. The minimum Gasteiger partial charge on any atom is -0.342 e. The van der Waals surface area contributed by atoms with E-state index in [1.165, 1.54) is 0 Å². The van der Waals surface area contributed by atoms with Crippen LogP contribution in [0, 0.1) is 11.8 Å². The number of nitrogens with zero attached hydrogens (tertiary/aromatic N) is 2. The molecule has 23 heavy (non-hydrogen) atoms. The Labute approximate surface area is 144 Å². The first-order valence-electron chi connectivity index (χ1n) is 8.88. The Balaban J connectivity index is 1.57. The van der Waals surface area contributed by atoms with E-state index in [-0.39, 0.29) is 5.92 Å². The lowest BCUT2D eigenvalue weighted by atomic mass is 9.93. The number of rotatable bonds is 3. The van der Waals surface area contributed by atoms with Crippen molar-refractivity contribution in [2.75, 3.05) is 26.2 Å². The average Bonchev–Trinajstić information content (AvgIpc) is 2.57. The highest BCUT2D eigenvalue weighted by atomic mass is 35.5. The molecule has 2 aliphatic rings. The van der Waals surface area contributed by atoms with Crippen molar-refractivity contribution in [2.45, 2.75) is 39.2 Å². The average molecular weight is 335 g/mol. The highest BCUT2D eigenvalue weighted by Gasteiger charge is 2.30. The van der Waals surface area contributed by atoms with Crippen LogP contribution in [0.3, 0.4) is 0 Å². The summed E-state index contributed by atoms with van der Waals surface area (Å²) < 4.78 is 0. The van der Waals surface area contributed by atoms with Crippen molar-refractivity contribution in [3.8, 4) is 0 Å². The smallest absolute Gasteiger partial charge is 0.226 e. The molecule has 4 heteroatoms. The van der Waals surface area contributed by atoms with Crippen molar-refractivity contribution in [3.63, 3.8) is 0 Å². The minimum atomic E-state index is 0.166. The van der Waals surface area contributed by atoms with E-state index in [0.717, 1.165) is 74.9 Å². The third-order valence-corrected chi connectivity index (χ3v) is 5.67. The van der Waals surface area contributed by atoms with Gasteiger partial charge in [-0.1, -0.05) is 36.7 Å². The number of benzene rings is 1. The standard InChI is InChI=1S/C19H27ClN2O/c1-15-8-11-22(12-9-15)19(23)17-6-4-10-21(14-17)13-16-5-2-3-7-18(16)20/h2-3,5,7,15,17H,4,6,8-14H2,1H3. The molecule has 2 aliphatic heterocycles. The lowest BCUT2D eigenvalue weighted by Gasteiger charge is -2.37. The second-order valence-corrected chi connectivity index (χ2v) is 7.58. The Bertz CT molecular complexity index is 540. The van der Waals surface area contributed by atoms with E-state index < -0.39 is 0 Å². The second-order valence-electron chi connectivity index (χ2n) is 7.17. The zero-order valence-corrected chi connectivity index (χ0v) is 14.8. The van der Waals surface area contributed by atoms with Gasteiger partial charge in [0.05, 0.1) is 5.92 Å². The van der Waals surface area contributed by atoms with Gasteiger partial charge < -0.3 is 4.90 Å². The van der Waals surface area contributed by atoms with Crippen molar-refractivity contribution < 1.29 is 4.79 Å². The fraction of sp³-hybridized carbons (Fsp3) is 0.632. The summed E-state index contributed by atoms with van der Waals surface area (Å²) in [6.45, 7) is 6.96. The van der Waals surface area contributed by atoms with Gasteiger partial charge in [0.15, 0.2) is 0 Å². The summed E-state index contributed by atoms with van der Waals surface area (Å²) in [4.78, 5) is 17.3. The van der Waals surface area contributed by atoms with Gasteiger partial charge in [0.25, 0.3) is 0 Å². The predicted octanol–water partition coefficient (Wildman–Crippen LogP) is 3.81. The van der Waals surface area contributed by atoms with Gasteiger partial charge in [-0.3, -0.25) is 9.69 Å². The highest BCUT2D eigenvalue weighted by Crippen LogP contribution is 2.25. The number of likely N-dealkylation sites (tertiary alicyclic amines) is 2. The van der Waals surface area contributed by atoms with Crippen LogP contribution in [-0.4, -0.2) is 41.9 Å². The zero-order valence-electron chi connectivity index (χ0n) is 14.0. The molecule has 0 N–H and O–H groups in total. The van der Waals surface area contributed by atoms with E-state index >= 15 is 0 Å². The lowest BCUT2D eigenvalue weighted by Crippen LogP contribution is -2.46. The van der Waals surface area contributed by atoms with E-state index in [1.807, 2.05) is 18.2 Å². The van der Waals surface area contributed by atoms with Crippen LogP contribution >= 0.6 is 11.6 Å². The van der Waals surface area contributed by atoms with Crippen molar-refractivity contribution in [3.05, 3.63) is 34.9 Å². The summed E-state index contributed by atoms with van der Waals surface area (Å²) in [7, 11) is 0. The number of hydrogen-bond acceptors (Lipinski definition) is 2. The maximum atomic E-state index is 12.8. The molecule has 1 amide bonds. The van der Waals surface area contributed by atoms with Crippen LogP contribution in [-0.2, 0) is 11.3 Å². The fourth-order valence-corrected chi connectivity index (χ4v) is 3.95. The van der Waals surface area contributed by atoms with Crippen molar-refractivity contribution in [1.29, 1.82) is 0 Å². The molecular weight excluding hydrogens is 308 g/mol. The maximum Gasteiger partial charge on any atom is 0.226 e. The third-order valence-electron chi connectivity index (χ3n) is 5.30. The van der Waals surface area contributed by atoms with Crippen molar-refractivity contribution in [1.82, 2.24) is 9.80 Å². The molecule has 0 aromatic heterocycles. The van der Waals surface area contributed by atoms with Gasteiger partial charge in [0, 0.05) is 31.2 Å². The molecule has 0 spiro atoms. The molecule has 1 atom stereocenters. The Morgan fingerprint density at radius 1 is 1.17 bits per heavy atom. The normalized spacial score (nSPS) is 23.9. The highest BCUT2D eigenvalue weighted by molar-refractivity contribution is 6.31. The Morgan fingerprint density at radius 3 is 2.65 bits per heavy atom. The number of carbonyl (C=O) groups excluding carboxylic acids is 1. The van der Waals surface area contributed by atoms with Gasteiger partial charge in [0.2, 0.25) is 5.91 Å². The first-order valence-corrected chi connectivity index (χ1v) is 9.26. The Morgan fingerprint density at radius 2 is 1.91 bits per heavy atom. The number of hydrogen-bond donors (Lipinski definition) is 0. The molecule has 1 unspecified atom stereocenters. The quantitative estimate of drug-likeness (QED) is 0.839. The lowest BCUT2D eigenvalue weighted by molar-refractivity contribution is -0.138. The molecule has 1 aromatic rings. The molecule has 0 aliphatic carbocycles. The summed E-state index contributed by atoms with van der Waals surface area (Å²) in [6, 6.07) is 8.02. The van der Waals surface area contributed by atoms with Crippen LogP contribution in [0.15, 0.2) is 24.3 Å². The van der Waals surface area contributed by atoms with Crippen molar-refractivity contribution in [2.24, 2.45) is 11.8 Å². The van der Waals surface area contributed by atoms with Gasteiger partial charge in [-0.2, -0.15) is 0 Å². The van der Waals surface area contributed by atoms with Crippen molar-refractivity contribution >= 4 is 17.5 Å². The van der Waals surface area contributed by atoms with Crippen LogP contribution in [0.1, 0.15) is 38.2 Å². The topological polar surface area (TPSA) is 23.6 Å². The third kappa shape index (κ3) is 4.27. The van der Waals surface area contributed by atoms with Gasteiger partial charge in [0.1, 0.15) is 0 Å². The van der Waals surface area contributed by atoms with Gasteiger partial charge in [-0.25, -0.2) is 0 Å². The van der Waals surface area contributed by atoms with E-state index in [2.05, 4.69) is 22.8 Å². The van der Waals surface area contributed by atoms with Gasteiger partial charge in [-0.15, -0.1) is 0 Å². The van der Waals surface area contributed by atoms with Crippen LogP contribution in [0.5, 0.6) is 0 Å². The maximum absolute atomic E-state index is 12.8. The summed E-state index contributed by atoms with van der Waals surface area (Å²) in [5.41, 5.74) is 1.16. The molecule has 0 saturated carbocycles. The summed E-state index contributed by atoms with van der Waals surface area (Å²) in [5, 5.41) is 0.825.